The minimum atomic E-state index is -1.98. The van der Waals surface area contributed by atoms with Gasteiger partial charge in [-0.25, -0.2) is 0 Å². The van der Waals surface area contributed by atoms with Crippen molar-refractivity contribution in [2.24, 2.45) is 0 Å². The molecule has 0 radical (unpaired) electrons. The standard InChI is InChI=1S/C76H141NO18/c1-3-5-7-9-11-13-15-17-19-21-22-23-24-25-26-27-28-29-30-31-32-33-34-35-36-38-40-42-44-46-48-50-52-54-64(82)77-59(60(81)53-51-49-47-45-43-41-39-37-20-18-16-14-12-10-8-6-4-2)58-90-74-70(88)67(85)72(62(56-79)92-74)95-76-71(89)68(86)73(63(57-80)93-76)94-75-69(87)66(84)65(83)61(55-78)91-75/h20,37,43,45,51,53,59-63,65-76,78-81,83-89H,3-19,21-36,38-42,44,46-50,52,54-58H2,1-2H3,(H,77,82)/b37-20+,45-43+,53-51+. The summed E-state index contributed by atoms with van der Waals surface area (Å²) in [5, 5.41) is 121. The fourth-order valence-electron chi connectivity index (χ4n) is 13.2. The fourth-order valence-corrected chi connectivity index (χ4v) is 13.2. The molecule has 0 aromatic rings. The van der Waals surface area contributed by atoms with Crippen molar-refractivity contribution in [3.8, 4) is 0 Å². The molecule has 3 heterocycles. The Balaban J connectivity index is 1.35. The molecule has 3 aliphatic rings. The van der Waals surface area contributed by atoms with E-state index >= 15 is 0 Å². The van der Waals surface area contributed by atoms with Crippen LogP contribution in [0, 0.1) is 0 Å². The van der Waals surface area contributed by atoms with Gasteiger partial charge in [-0.05, 0) is 44.9 Å². The van der Waals surface area contributed by atoms with Crippen LogP contribution >= 0.6 is 0 Å². The SMILES string of the molecule is CCCCCCCCC/C=C/CC/C=C/CC/C=C/C(O)C(COC1OC(CO)C(OC2OC(CO)C(OC3OC(CO)C(O)C(O)C3O)C(O)C2O)C(O)C1O)NC(=O)CCCCCCCCCCCCCCCCCCCCCCCCCCCCCCCCCCC. The summed E-state index contributed by atoms with van der Waals surface area (Å²) < 4.78 is 34.4. The van der Waals surface area contributed by atoms with Gasteiger partial charge in [0.15, 0.2) is 18.9 Å². The van der Waals surface area contributed by atoms with Crippen LogP contribution in [0.15, 0.2) is 36.5 Å². The van der Waals surface area contributed by atoms with E-state index in [0.717, 1.165) is 44.9 Å². The highest BCUT2D eigenvalue weighted by Gasteiger charge is 2.53. The first-order chi connectivity index (χ1) is 46.3. The van der Waals surface area contributed by atoms with Gasteiger partial charge in [0.25, 0.3) is 0 Å². The Hall–Kier alpha value is -1.99. The van der Waals surface area contributed by atoms with E-state index in [9.17, 15) is 61.0 Å². The summed E-state index contributed by atoms with van der Waals surface area (Å²) in [5.41, 5.74) is 0. The van der Waals surface area contributed by atoms with Crippen LogP contribution in [0.5, 0.6) is 0 Å². The lowest BCUT2D eigenvalue weighted by Crippen LogP contribution is -2.66. The molecule has 0 aliphatic carbocycles. The first-order valence-electron chi connectivity index (χ1n) is 38.7. The molecule has 0 saturated carbocycles. The quantitative estimate of drug-likeness (QED) is 0.0199. The van der Waals surface area contributed by atoms with E-state index in [-0.39, 0.29) is 18.9 Å². The molecule has 95 heavy (non-hydrogen) atoms. The lowest BCUT2D eigenvalue weighted by Gasteiger charge is -2.48. The van der Waals surface area contributed by atoms with Crippen LogP contribution in [0.3, 0.4) is 0 Å². The van der Waals surface area contributed by atoms with Crippen LogP contribution in [0.4, 0.5) is 0 Å². The molecule has 3 aliphatic heterocycles. The molecule has 3 fully saturated rings. The molecule has 17 atom stereocenters. The Kier molecular flexibility index (Phi) is 52.9. The molecule has 0 bridgehead atoms. The second-order valence-electron chi connectivity index (χ2n) is 27.8. The first-order valence-corrected chi connectivity index (χ1v) is 38.7. The molecule has 19 heteroatoms. The van der Waals surface area contributed by atoms with Gasteiger partial charge in [0, 0.05) is 6.42 Å². The van der Waals surface area contributed by atoms with Gasteiger partial charge in [0.1, 0.15) is 73.2 Å². The number of ether oxygens (including phenoxy) is 6. The minimum absolute atomic E-state index is 0.236. The van der Waals surface area contributed by atoms with Crippen molar-refractivity contribution in [3.63, 3.8) is 0 Å². The monoisotopic (exact) mass is 1360 g/mol. The highest BCUT2D eigenvalue weighted by atomic mass is 16.8. The highest BCUT2D eigenvalue weighted by molar-refractivity contribution is 5.76. The second kappa shape index (κ2) is 57.6. The highest BCUT2D eigenvalue weighted by Crippen LogP contribution is 2.33. The molecule has 17 unspecified atom stereocenters. The van der Waals surface area contributed by atoms with E-state index < -0.39 is 124 Å². The summed E-state index contributed by atoms with van der Waals surface area (Å²) >= 11 is 0. The topological polar surface area (TPSA) is 307 Å². The zero-order valence-corrected chi connectivity index (χ0v) is 59.4. The molecule has 12 N–H and O–H groups in total. The molecular formula is C76H141NO18. The van der Waals surface area contributed by atoms with Gasteiger partial charge in [0.05, 0.1) is 38.6 Å². The van der Waals surface area contributed by atoms with E-state index in [1.54, 1.807) is 6.08 Å². The van der Waals surface area contributed by atoms with Gasteiger partial charge < -0.3 is 89.9 Å². The Labute approximate surface area is 574 Å². The summed E-state index contributed by atoms with van der Waals surface area (Å²) in [6.45, 7) is 1.74. The predicted molar refractivity (Wildman–Crippen MR) is 374 cm³/mol. The van der Waals surface area contributed by atoms with Crippen LogP contribution in [0.25, 0.3) is 0 Å². The number of aliphatic hydroxyl groups is 11. The normalized spacial score (nSPS) is 27.4. The van der Waals surface area contributed by atoms with Crippen molar-refractivity contribution in [2.75, 3.05) is 26.4 Å². The van der Waals surface area contributed by atoms with Crippen molar-refractivity contribution >= 4 is 5.91 Å². The van der Waals surface area contributed by atoms with E-state index in [1.165, 1.54) is 231 Å². The van der Waals surface area contributed by atoms with Crippen LogP contribution in [-0.2, 0) is 33.2 Å². The van der Waals surface area contributed by atoms with Crippen molar-refractivity contribution in [1.82, 2.24) is 5.32 Å². The number of carbonyl (C=O) groups is 1. The van der Waals surface area contributed by atoms with Crippen LogP contribution in [0.1, 0.15) is 309 Å². The number of unbranched alkanes of at least 4 members (excludes halogenated alkanes) is 41. The predicted octanol–water partition coefficient (Wildman–Crippen LogP) is 11.9. The van der Waals surface area contributed by atoms with Crippen LogP contribution in [0.2, 0.25) is 0 Å². The zero-order chi connectivity index (χ0) is 68.9. The fraction of sp³-hybridized carbons (Fsp3) is 0.908. The molecular weight excluding hydrogens is 1210 g/mol. The third-order valence-corrected chi connectivity index (χ3v) is 19.4. The first kappa shape index (κ1) is 87.2. The van der Waals surface area contributed by atoms with Crippen molar-refractivity contribution < 1.29 is 89.4 Å². The Morgan fingerprint density at radius 3 is 1.05 bits per heavy atom. The molecule has 0 aromatic carbocycles. The molecule has 3 rings (SSSR count). The van der Waals surface area contributed by atoms with Crippen molar-refractivity contribution in [1.29, 1.82) is 0 Å². The minimum Gasteiger partial charge on any atom is -0.394 e. The van der Waals surface area contributed by atoms with Gasteiger partial charge in [-0.15, -0.1) is 0 Å². The van der Waals surface area contributed by atoms with Crippen molar-refractivity contribution in [3.05, 3.63) is 36.5 Å². The summed E-state index contributed by atoms with van der Waals surface area (Å²) in [6.07, 6.45) is 43.0. The van der Waals surface area contributed by atoms with Gasteiger partial charge in [0.2, 0.25) is 5.91 Å². The number of nitrogens with one attached hydrogen (secondary N) is 1. The maximum absolute atomic E-state index is 13.4. The van der Waals surface area contributed by atoms with Gasteiger partial charge in [-0.2, -0.15) is 0 Å². The Bertz CT molecular complexity index is 1860. The zero-order valence-electron chi connectivity index (χ0n) is 59.4. The second-order valence-corrected chi connectivity index (χ2v) is 27.8. The maximum atomic E-state index is 13.4. The average Bonchev–Trinajstić information content (AvgIpc) is 0.787. The lowest BCUT2D eigenvalue weighted by atomic mass is 9.96. The number of hydrogen-bond donors (Lipinski definition) is 12. The average molecular weight is 1360 g/mol. The molecule has 0 spiro atoms. The molecule has 0 aromatic heterocycles. The van der Waals surface area contributed by atoms with Gasteiger partial charge in [-0.3, -0.25) is 4.79 Å². The molecule has 1 amide bonds. The third kappa shape index (κ3) is 38.6. The van der Waals surface area contributed by atoms with Crippen LogP contribution < -0.4 is 5.32 Å². The van der Waals surface area contributed by atoms with Gasteiger partial charge >= 0.3 is 0 Å². The maximum Gasteiger partial charge on any atom is 0.220 e. The number of allylic oxidation sites excluding steroid dienone is 5. The lowest BCUT2D eigenvalue weighted by molar-refractivity contribution is -0.379. The Morgan fingerprint density at radius 1 is 0.368 bits per heavy atom. The van der Waals surface area contributed by atoms with Gasteiger partial charge in [-0.1, -0.05) is 294 Å². The number of hydrogen-bond acceptors (Lipinski definition) is 18. The number of aliphatic hydroxyl groups excluding tert-OH is 11. The summed E-state index contributed by atoms with van der Waals surface area (Å²) in [7, 11) is 0. The number of carbonyl (C=O) groups excluding carboxylic acids is 1. The van der Waals surface area contributed by atoms with E-state index in [4.69, 9.17) is 28.4 Å². The van der Waals surface area contributed by atoms with Crippen molar-refractivity contribution in [2.45, 2.75) is 413 Å². The molecule has 558 valence electrons. The molecule has 3 saturated heterocycles. The van der Waals surface area contributed by atoms with E-state index in [1.807, 2.05) is 6.08 Å². The molecule has 19 nitrogen and oxygen atoms in total. The third-order valence-electron chi connectivity index (χ3n) is 19.4. The Morgan fingerprint density at radius 2 is 0.674 bits per heavy atom. The smallest absolute Gasteiger partial charge is 0.220 e. The summed E-state index contributed by atoms with van der Waals surface area (Å²) in [5.74, 6) is -0.284. The van der Waals surface area contributed by atoms with E-state index in [0.29, 0.717) is 12.8 Å². The van der Waals surface area contributed by atoms with Crippen LogP contribution in [-0.4, -0.2) is 193 Å². The largest absolute Gasteiger partial charge is 0.394 e. The van der Waals surface area contributed by atoms with E-state index in [2.05, 4.69) is 43.5 Å². The summed E-state index contributed by atoms with van der Waals surface area (Å²) in [4.78, 5) is 13.4. The number of amides is 1. The number of rotatable bonds is 61. The summed E-state index contributed by atoms with van der Waals surface area (Å²) in [6, 6.07) is -0.995.